The van der Waals surface area contributed by atoms with Crippen LogP contribution in [0.15, 0.2) is 0 Å². The smallest absolute Gasteiger partial charge is 0.242 e. The molecule has 2 fully saturated rings. The van der Waals surface area contributed by atoms with Gasteiger partial charge in [-0.05, 0) is 75.2 Å². The monoisotopic (exact) mass is 421 g/mol. The van der Waals surface area contributed by atoms with E-state index in [0.717, 1.165) is 56.3 Å². The molecule has 0 spiro atoms. The molecule has 0 radical (unpaired) electrons. The molecule has 1 aliphatic heterocycles. The number of rotatable bonds is 10. The summed E-state index contributed by atoms with van der Waals surface area (Å²) in [7, 11) is 0. The third-order valence-corrected chi connectivity index (χ3v) is 7.03. The zero-order chi connectivity index (χ0) is 22.1. The Morgan fingerprint density at radius 1 is 0.900 bits per heavy atom. The summed E-state index contributed by atoms with van der Waals surface area (Å²) in [6.07, 6.45) is 8.83. The summed E-state index contributed by atoms with van der Waals surface area (Å²) in [6.45, 7) is 15.3. The number of carbonyl (C=O) groups excluding carboxylic acids is 2. The molecule has 0 bridgehead atoms. The molecule has 5 nitrogen and oxygen atoms in total. The predicted molar refractivity (Wildman–Crippen MR) is 124 cm³/mol. The molecule has 0 aromatic rings. The number of amides is 2. The van der Waals surface area contributed by atoms with E-state index in [9.17, 15) is 9.59 Å². The first-order valence-corrected chi connectivity index (χ1v) is 12.6. The molecule has 3 unspecified atom stereocenters. The van der Waals surface area contributed by atoms with Crippen LogP contribution < -0.4 is 10.6 Å². The van der Waals surface area contributed by atoms with E-state index in [4.69, 9.17) is 0 Å². The molecule has 1 saturated heterocycles. The van der Waals surface area contributed by atoms with E-state index in [1.807, 2.05) is 13.8 Å². The van der Waals surface area contributed by atoms with Crippen LogP contribution in [0.3, 0.4) is 0 Å². The lowest BCUT2D eigenvalue weighted by Crippen LogP contribution is -2.51. The van der Waals surface area contributed by atoms with Crippen molar-refractivity contribution in [1.82, 2.24) is 15.5 Å². The Hall–Kier alpha value is -1.10. The minimum absolute atomic E-state index is 0.0267. The number of hydrogen-bond acceptors (Lipinski definition) is 3. The standard InChI is InChI=1S/C25H47N3O2/c1-18(2)23(27-24(29)22-11-9-19(3)10-12-22)25(30)26-13-7-6-8-14-28-16-20(4)15-21(5)17-28/h18-23H,6-17H2,1-5H3,(H,26,30)(H,27,29). The van der Waals surface area contributed by atoms with Crippen LogP contribution >= 0.6 is 0 Å². The van der Waals surface area contributed by atoms with Gasteiger partial charge in [0.25, 0.3) is 0 Å². The fraction of sp³-hybridized carbons (Fsp3) is 0.920. The van der Waals surface area contributed by atoms with Gasteiger partial charge in [-0.2, -0.15) is 0 Å². The molecule has 1 saturated carbocycles. The third kappa shape index (κ3) is 8.56. The van der Waals surface area contributed by atoms with Gasteiger partial charge in [-0.3, -0.25) is 9.59 Å². The van der Waals surface area contributed by atoms with Crippen molar-refractivity contribution in [3.63, 3.8) is 0 Å². The van der Waals surface area contributed by atoms with Crippen LogP contribution in [0, 0.1) is 29.6 Å². The molecule has 1 heterocycles. The molecule has 0 aromatic carbocycles. The highest BCUT2D eigenvalue weighted by atomic mass is 16.2. The van der Waals surface area contributed by atoms with Crippen molar-refractivity contribution < 1.29 is 9.59 Å². The molecule has 2 rings (SSSR count). The number of hydrogen-bond donors (Lipinski definition) is 2. The lowest BCUT2D eigenvalue weighted by Gasteiger charge is -2.34. The molecule has 3 atom stereocenters. The Morgan fingerprint density at radius 2 is 1.53 bits per heavy atom. The lowest BCUT2D eigenvalue weighted by atomic mass is 9.82. The van der Waals surface area contributed by atoms with Crippen molar-refractivity contribution in [2.45, 2.75) is 92.0 Å². The summed E-state index contributed by atoms with van der Waals surface area (Å²) in [6, 6.07) is -0.423. The molecule has 2 amide bonds. The van der Waals surface area contributed by atoms with Gasteiger partial charge in [0.05, 0.1) is 0 Å². The maximum atomic E-state index is 12.7. The molecular formula is C25H47N3O2. The molecule has 2 N–H and O–H groups in total. The van der Waals surface area contributed by atoms with Gasteiger partial charge in [0.1, 0.15) is 6.04 Å². The molecule has 1 aliphatic carbocycles. The Kier molecular flexibility index (Phi) is 10.6. The number of piperidine rings is 1. The fourth-order valence-electron chi connectivity index (χ4n) is 5.26. The minimum atomic E-state index is -0.423. The zero-order valence-electron chi connectivity index (χ0n) is 20.2. The van der Waals surface area contributed by atoms with Gasteiger partial charge in [0.15, 0.2) is 0 Å². The maximum Gasteiger partial charge on any atom is 0.242 e. The number of nitrogens with zero attached hydrogens (tertiary/aromatic N) is 1. The highest BCUT2D eigenvalue weighted by Gasteiger charge is 2.29. The van der Waals surface area contributed by atoms with Crippen LogP contribution in [0.2, 0.25) is 0 Å². The van der Waals surface area contributed by atoms with Gasteiger partial charge in [-0.1, -0.05) is 41.0 Å². The normalized spacial score (nSPS) is 28.9. The van der Waals surface area contributed by atoms with Crippen LogP contribution in [-0.2, 0) is 9.59 Å². The Morgan fingerprint density at radius 3 is 2.13 bits per heavy atom. The third-order valence-electron chi connectivity index (χ3n) is 7.03. The van der Waals surface area contributed by atoms with Gasteiger partial charge in [-0.25, -0.2) is 0 Å². The minimum Gasteiger partial charge on any atom is -0.354 e. The van der Waals surface area contributed by atoms with Gasteiger partial charge in [-0.15, -0.1) is 0 Å². The van der Waals surface area contributed by atoms with Crippen LogP contribution in [0.1, 0.15) is 86.0 Å². The summed E-state index contributed by atoms with van der Waals surface area (Å²) in [5.41, 5.74) is 0. The number of likely N-dealkylation sites (tertiary alicyclic amines) is 1. The molecule has 2 aliphatic rings. The topological polar surface area (TPSA) is 61.4 Å². The molecular weight excluding hydrogens is 374 g/mol. The zero-order valence-corrected chi connectivity index (χ0v) is 20.2. The molecule has 30 heavy (non-hydrogen) atoms. The van der Waals surface area contributed by atoms with Gasteiger partial charge in [0, 0.05) is 25.6 Å². The highest BCUT2D eigenvalue weighted by molar-refractivity contribution is 5.88. The van der Waals surface area contributed by atoms with Crippen molar-refractivity contribution in [2.75, 3.05) is 26.2 Å². The van der Waals surface area contributed by atoms with E-state index in [-0.39, 0.29) is 23.7 Å². The lowest BCUT2D eigenvalue weighted by molar-refractivity contribution is -0.132. The predicted octanol–water partition coefficient (Wildman–Crippen LogP) is 4.22. The maximum absolute atomic E-state index is 12.7. The number of carbonyl (C=O) groups is 2. The average Bonchev–Trinajstić information content (AvgIpc) is 2.68. The molecule has 5 heteroatoms. The van der Waals surface area contributed by atoms with E-state index < -0.39 is 6.04 Å². The van der Waals surface area contributed by atoms with E-state index in [2.05, 4.69) is 36.3 Å². The second-order valence-corrected chi connectivity index (χ2v) is 10.7. The summed E-state index contributed by atoms with van der Waals surface area (Å²) < 4.78 is 0. The van der Waals surface area contributed by atoms with E-state index in [1.54, 1.807) is 0 Å². The van der Waals surface area contributed by atoms with Crippen molar-refractivity contribution in [3.05, 3.63) is 0 Å². The SMILES string of the molecule is CC1CCC(C(=O)NC(C(=O)NCCCCCN2CC(C)CC(C)C2)C(C)C)CC1. The van der Waals surface area contributed by atoms with Crippen LogP contribution in [0.4, 0.5) is 0 Å². The summed E-state index contributed by atoms with van der Waals surface area (Å²) in [5.74, 6) is 2.57. The Bertz CT molecular complexity index is 518. The fourth-order valence-corrected chi connectivity index (χ4v) is 5.26. The first kappa shape index (κ1) is 25.2. The molecule has 0 aromatic heterocycles. The average molecular weight is 422 g/mol. The van der Waals surface area contributed by atoms with Crippen molar-refractivity contribution in [3.8, 4) is 0 Å². The molecule has 174 valence electrons. The summed E-state index contributed by atoms with van der Waals surface area (Å²) >= 11 is 0. The van der Waals surface area contributed by atoms with Gasteiger partial charge < -0.3 is 15.5 Å². The van der Waals surface area contributed by atoms with Crippen LogP contribution in [0.5, 0.6) is 0 Å². The Labute approximate surface area is 185 Å². The van der Waals surface area contributed by atoms with E-state index in [0.29, 0.717) is 6.54 Å². The first-order chi connectivity index (χ1) is 14.3. The highest BCUT2D eigenvalue weighted by Crippen LogP contribution is 2.28. The number of nitrogens with one attached hydrogen (secondary N) is 2. The van der Waals surface area contributed by atoms with Gasteiger partial charge in [0.2, 0.25) is 11.8 Å². The van der Waals surface area contributed by atoms with E-state index in [1.165, 1.54) is 32.5 Å². The van der Waals surface area contributed by atoms with Crippen molar-refractivity contribution >= 4 is 11.8 Å². The van der Waals surface area contributed by atoms with Crippen molar-refractivity contribution in [2.24, 2.45) is 29.6 Å². The van der Waals surface area contributed by atoms with Crippen molar-refractivity contribution in [1.29, 1.82) is 0 Å². The van der Waals surface area contributed by atoms with Gasteiger partial charge >= 0.3 is 0 Å². The Balaban J connectivity index is 1.63. The quantitative estimate of drug-likeness (QED) is 0.519. The summed E-state index contributed by atoms with van der Waals surface area (Å²) in [4.78, 5) is 27.9. The second kappa shape index (κ2) is 12.7. The van der Waals surface area contributed by atoms with E-state index >= 15 is 0 Å². The second-order valence-electron chi connectivity index (χ2n) is 10.7. The van der Waals surface area contributed by atoms with Crippen LogP contribution in [-0.4, -0.2) is 48.9 Å². The largest absolute Gasteiger partial charge is 0.354 e. The first-order valence-electron chi connectivity index (χ1n) is 12.6. The summed E-state index contributed by atoms with van der Waals surface area (Å²) in [5, 5.41) is 6.11. The number of unbranched alkanes of at least 4 members (excludes halogenated alkanes) is 2. The van der Waals surface area contributed by atoms with Crippen LogP contribution in [0.25, 0.3) is 0 Å².